The molecule has 100 valence electrons. The maximum atomic E-state index is 10.9. The van der Waals surface area contributed by atoms with Crippen LogP contribution in [-0.4, -0.2) is 39.4 Å². The molecule has 0 saturated heterocycles. The minimum Gasteiger partial charge on any atom is -0.394 e. The van der Waals surface area contributed by atoms with E-state index < -0.39 is 11.0 Å². The summed E-state index contributed by atoms with van der Waals surface area (Å²) in [5.41, 5.74) is 0.777. The number of aromatic nitrogens is 1. The van der Waals surface area contributed by atoms with Crippen LogP contribution in [0.4, 0.5) is 11.4 Å². The van der Waals surface area contributed by atoms with Gasteiger partial charge in [-0.2, -0.15) is 0 Å². The molecular formula is C12H13N3O4. The Labute approximate surface area is 108 Å². The number of hydrogen-bond donors (Lipinski definition) is 3. The lowest BCUT2D eigenvalue weighted by Crippen LogP contribution is -2.27. The van der Waals surface area contributed by atoms with E-state index >= 15 is 0 Å². The van der Waals surface area contributed by atoms with Crippen LogP contribution in [0.3, 0.4) is 0 Å². The van der Waals surface area contributed by atoms with E-state index in [2.05, 4.69) is 10.3 Å². The van der Waals surface area contributed by atoms with Gasteiger partial charge in [0.25, 0.3) is 5.69 Å². The highest BCUT2D eigenvalue weighted by atomic mass is 16.6. The topological polar surface area (TPSA) is 109 Å². The van der Waals surface area contributed by atoms with Crippen LogP contribution in [0.5, 0.6) is 0 Å². The van der Waals surface area contributed by atoms with Crippen LogP contribution in [0, 0.1) is 10.1 Å². The zero-order chi connectivity index (χ0) is 13.8. The molecule has 3 N–H and O–H groups in total. The minimum absolute atomic E-state index is 0.0781. The van der Waals surface area contributed by atoms with E-state index in [0.717, 1.165) is 0 Å². The third-order valence-corrected chi connectivity index (χ3v) is 2.75. The number of non-ortho nitro benzene ring substituents is 1. The Balaban J connectivity index is 2.51. The van der Waals surface area contributed by atoms with Crippen molar-refractivity contribution in [1.82, 2.24) is 4.98 Å². The second-order valence-corrected chi connectivity index (χ2v) is 4.00. The lowest BCUT2D eigenvalue weighted by molar-refractivity contribution is -0.383. The number of hydrogen-bond acceptors (Lipinski definition) is 6. The Kier molecular flexibility index (Phi) is 3.88. The molecule has 0 spiro atoms. The van der Waals surface area contributed by atoms with E-state index in [1.165, 1.54) is 12.3 Å². The molecule has 7 heteroatoms. The molecule has 0 aliphatic heterocycles. The maximum absolute atomic E-state index is 10.9. The van der Waals surface area contributed by atoms with Gasteiger partial charge >= 0.3 is 0 Å². The van der Waals surface area contributed by atoms with E-state index in [-0.39, 0.29) is 24.4 Å². The minimum atomic E-state index is -0.523. The van der Waals surface area contributed by atoms with Crippen LogP contribution in [0.1, 0.15) is 0 Å². The third-order valence-electron chi connectivity index (χ3n) is 2.75. The van der Waals surface area contributed by atoms with E-state index in [1.807, 2.05) is 0 Å². The van der Waals surface area contributed by atoms with Crippen molar-refractivity contribution in [1.29, 1.82) is 0 Å². The Morgan fingerprint density at radius 3 is 2.68 bits per heavy atom. The quantitative estimate of drug-likeness (QED) is 0.546. The first-order chi connectivity index (χ1) is 9.17. The SMILES string of the molecule is O=[N+]([O-])c1cccc2c(NC(CO)CO)ccnc12. The van der Waals surface area contributed by atoms with Crippen molar-refractivity contribution in [3.63, 3.8) is 0 Å². The summed E-state index contributed by atoms with van der Waals surface area (Å²) in [5, 5.41) is 32.5. The lowest BCUT2D eigenvalue weighted by Gasteiger charge is -2.16. The van der Waals surface area contributed by atoms with Crippen molar-refractivity contribution < 1.29 is 15.1 Å². The van der Waals surface area contributed by atoms with Gasteiger partial charge in [-0.3, -0.25) is 10.1 Å². The maximum Gasteiger partial charge on any atom is 0.295 e. The van der Waals surface area contributed by atoms with Crippen LogP contribution in [0.2, 0.25) is 0 Å². The number of aliphatic hydroxyl groups is 2. The molecular weight excluding hydrogens is 250 g/mol. The molecule has 1 heterocycles. The first-order valence-corrected chi connectivity index (χ1v) is 5.67. The summed E-state index contributed by atoms with van der Waals surface area (Å²) in [5.74, 6) is 0. The largest absolute Gasteiger partial charge is 0.394 e. The van der Waals surface area contributed by atoms with Crippen molar-refractivity contribution in [2.75, 3.05) is 18.5 Å². The highest BCUT2D eigenvalue weighted by molar-refractivity contribution is 5.96. The monoisotopic (exact) mass is 263 g/mol. The summed E-state index contributed by atoms with van der Waals surface area (Å²) in [4.78, 5) is 14.4. The normalized spacial score (nSPS) is 10.9. The Morgan fingerprint density at radius 2 is 2.05 bits per heavy atom. The average Bonchev–Trinajstić information content (AvgIpc) is 2.44. The Hall–Kier alpha value is -2.25. The molecule has 0 aliphatic rings. The van der Waals surface area contributed by atoms with E-state index in [1.54, 1.807) is 18.2 Å². The number of benzene rings is 1. The van der Waals surface area contributed by atoms with Crippen molar-refractivity contribution in [2.24, 2.45) is 0 Å². The molecule has 0 saturated carbocycles. The third kappa shape index (κ3) is 2.61. The standard InChI is InChI=1S/C12H13N3O4/c16-6-8(7-17)14-10-4-5-13-12-9(10)2-1-3-11(12)15(18)19/h1-5,8,16-17H,6-7H2,(H,13,14). The molecule has 2 rings (SSSR count). The smallest absolute Gasteiger partial charge is 0.295 e. The van der Waals surface area contributed by atoms with Crippen LogP contribution >= 0.6 is 0 Å². The molecule has 0 fully saturated rings. The molecule has 0 atom stereocenters. The number of nitrogens with one attached hydrogen (secondary N) is 1. The number of aliphatic hydroxyl groups excluding tert-OH is 2. The second-order valence-electron chi connectivity index (χ2n) is 4.00. The zero-order valence-corrected chi connectivity index (χ0v) is 9.98. The zero-order valence-electron chi connectivity index (χ0n) is 9.98. The van der Waals surface area contributed by atoms with Gasteiger partial charge in [0.1, 0.15) is 5.52 Å². The molecule has 7 nitrogen and oxygen atoms in total. The number of anilines is 1. The Bertz CT molecular complexity index is 599. The summed E-state index contributed by atoms with van der Waals surface area (Å²) in [6.07, 6.45) is 1.45. The van der Waals surface area contributed by atoms with Crippen LogP contribution < -0.4 is 5.32 Å². The fourth-order valence-corrected chi connectivity index (χ4v) is 1.80. The van der Waals surface area contributed by atoms with Gasteiger partial charge in [-0.1, -0.05) is 12.1 Å². The van der Waals surface area contributed by atoms with Gasteiger partial charge < -0.3 is 15.5 Å². The van der Waals surface area contributed by atoms with Gasteiger partial charge in [-0.15, -0.1) is 0 Å². The summed E-state index contributed by atoms with van der Waals surface area (Å²) in [7, 11) is 0. The van der Waals surface area contributed by atoms with Gasteiger partial charge in [0.05, 0.1) is 24.2 Å². The molecule has 0 amide bonds. The molecule has 1 aromatic carbocycles. The molecule has 1 aromatic heterocycles. The number of nitro benzene ring substituents is 1. The number of pyridine rings is 1. The van der Waals surface area contributed by atoms with Gasteiger partial charge in [0.2, 0.25) is 0 Å². The van der Waals surface area contributed by atoms with E-state index in [0.29, 0.717) is 11.1 Å². The molecule has 0 bridgehead atoms. The predicted octanol–water partition coefficient (Wildman–Crippen LogP) is 0.908. The number of nitro groups is 1. The summed E-state index contributed by atoms with van der Waals surface area (Å²) in [6, 6.07) is 5.77. The molecule has 0 aliphatic carbocycles. The van der Waals surface area contributed by atoms with Crippen molar-refractivity contribution >= 4 is 22.3 Å². The van der Waals surface area contributed by atoms with Crippen molar-refractivity contribution in [3.8, 4) is 0 Å². The number of fused-ring (bicyclic) bond motifs is 1. The van der Waals surface area contributed by atoms with Gasteiger partial charge in [0.15, 0.2) is 0 Å². The second kappa shape index (κ2) is 5.59. The van der Waals surface area contributed by atoms with Gasteiger partial charge in [-0.05, 0) is 6.07 Å². The highest BCUT2D eigenvalue weighted by Crippen LogP contribution is 2.28. The summed E-state index contributed by atoms with van der Waals surface area (Å²) in [6.45, 7) is -0.482. The van der Waals surface area contributed by atoms with Crippen LogP contribution in [0.25, 0.3) is 10.9 Å². The van der Waals surface area contributed by atoms with Gasteiger partial charge in [0, 0.05) is 23.3 Å². The average molecular weight is 263 g/mol. The number of rotatable bonds is 5. The van der Waals surface area contributed by atoms with E-state index in [4.69, 9.17) is 10.2 Å². The highest BCUT2D eigenvalue weighted by Gasteiger charge is 2.15. The van der Waals surface area contributed by atoms with Crippen LogP contribution in [-0.2, 0) is 0 Å². The number of nitrogens with zero attached hydrogens (tertiary/aromatic N) is 2. The fraction of sp³-hybridized carbons (Fsp3) is 0.250. The predicted molar refractivity (Wildman–Crippen MR) is 70.0 cm³/mol. The summed E-state index contributed by atoms with van der Waals surface area (Å²) >= 11 is 0. The Morgan fingerprint density at radius 1 is 1.32 bits per heavy atom. The molecule has 0 radical (unpaired) electrons. The van der Waals surface area contributed by atoms with Crippen molar-refractivity contribution in [2.45, 2.75) is 6.04 Å². The number of para-hydroxylation sites is 1. The summed E-state index contributed by atoms with van der Waals surface area (Å²) < 4.78 is 0. The van der Waals surface area contributed by atoms with Gasteiger partial charge in [-0.25, -0.2) is 4.98 Å². The van der Waals surface area contributed by atoms with Crippen LogP contribution in [0.15, 0.2) is 30.5 Å². The first kappa shape index (κ1) is 13.2. The molecule has 19 heavy (non-hydrogen) atoms. The van der Waals surface area contributed by atoms with E-state index in [9.17, 15) is 10.1 Å². The fourth-order valence-electron chi connectivity index (χ4n) is 1.80. The van der Waals surface area contributed by atoms with Crippen molar-refractivity contribution in [3.05, 3.63) is 40.6 Å². The molecule has 0 unspecified atom stereocenters. The lowest BCUT2D eigenvalue weighted by atomic mass is 10.1. The first-order valence-electron chi connectivity index (χ1n) is 5.67. The molecule has 2 aromatic rings.